The van der Waals surface area contributed by atoms with Gasteiger partial charge in [0, 0.05) is 0 Å². The third-order valence-electron chi connectivity index (χ3n) is 4.91. The number of hydrogen-bond donors (Lipinski definition) is 2. The fraction of sp³-hybridized carbons (Fsp3) is 0.857. The third kappa shape index (κ3) is 5.64. The highest BCUT2D eigenvalue weighted by Gasteiger charge is 2.60. The van der Waals surface area contributed by atoms with E-state index in [1.807, 2.05) is 0 Å². The highest BCUT2D eigenvalue weighted by molar-refractivity contribution is 7.87. The SMILES string of the molecule is CC(OC(=O)C1C2CCC(O2)C1C(=O)OC(CS(=O)(=O)O)C(F)(F)F)C(F)(F)S(=O)(=O)O. The maximum Gasteiger partial charge on any atom is 0.426 e. The molecule has 2 N–H and O–H groups in total. The van der Waals surface area contributed by atoms with Gasteiger partial charge in [0.2, 0.25) is 6.10 Å². The molecule has 0 saturated carbocycles. The molecule has 186 valence electrons. The number of esters is 2. The number of carbonyl (C=O) groups is 2. The van der Waals surface area contributed by atoms with Crippen LogP contribution < -0.4 is 0 Å². The molecule has 0 aromatic carbocycles. The van der Waals surface area contributed by atoms with Crippen molar-refractivity contribution in [2.24, 2.45) is 11.8 Å². The van der Waals surface area contributed by atoms with E-state index < -0.39 is 85.6 Å². The number of rotatable bonds is 8. The second-order valence-electron chi connectivity index (χ2n) is 7.17. The first-order valence-electron chi connectivity index (χ1n) is 8.69. The van der Waals surface area contributed by atoms with Gasteiger partial charge in [0.25, 0.3) is 10.1 Å². The van der Waals surface area contributed by atoms with Gasteiger partial charge in [-0.25, -0.2) is 0 Å². The molecule has 0 aromatic heterocycles. The van der Waals surface area contributed by atoms with Gasteiger partial charge >= 0.3 is 33.5 Å². The Kier molecular flexibility index (Phi) is 7.17. The first kappa shape index (κ1) is 26.6. The van der Waals surface area contributed by atoms with Gasteiger partial charge in [-0.1, -0.05) is 0 Å². The third-order valence-corrected chi connectivity index (χ3v) is 6.66. The highest BCUT2D eigenvalue weighted by atomic mass is 32.2. The van der Waals surface area contributed by atoms with Crippen LogP contribution in [0.15, 0.2) is 0 Å². The fourth-order valence-electron chi connectivity index (χ4n) is 3.41. The smallest absolute Gasteiger partial charge is 0.426 e. The molecule has 0 radical (unpaired) electrons. The first-order valence-corrected chi connectivity index (χ1v) is 11.7. The van der Waals surface area contributed by atoms with E-state index in [1.165, 1.54) is 0 Å². The number of alkyl halides is 5. The van der Waals surface area contributed by atoms with Crippen LogP contribution in [0, 0.1) is 11.8 Å². The Labute approximate surface area is 177 Å². The average molecular weight is 520 g/mol. The summed E-state index contributed by atoms with van der Waals surface area (Å²) in [7, 11) is -11.2. The second kappa shape index (κ2) is 8.62. The van der Waals surface area contributed by atoms with E-state index in [1.54, 1.807) is 0 Å². The molecule has 2 aliphatic rings. The molecule has 0 spiro atoms. The minimum Gasteiger partial charge on any atom is -0.455 e. The largest absolute Gasteiger partial charge is 0.455 e. The van der Waals surface area contributed by atoms with Crippen LogP contribution in [0.5, 0.6) is 0 Å². The Morgan fingerprint density at radius 3 is 1.78 bits per heavy atom. The zero-order valence-corrected chi connectivity index (χ0v) is 17.5. The van der Waals surface area contributed by atoms with Crippen LogP contribution in [0.3, 0.4) is 0 Å². The molecule has 6 unspecified atom stereocenters. The summed E-state index contributed by atoms with van der Waals surface area (Å²) in [5.41, 5.74) is 0. The molecule has 0 aliphatic carbocycles. The summed E-state index contributed by atoms with van der Waals surface area (Å²) in [5, 5.41) is -4.94. The van der Waals surface area contributed by atoms with Crippen molar-refractivity contribution in [1.29, 1.82) is 0 Å². The highest BCUT2D eigenvalue weighted by Crippen LogP contribution is 2.45. The van der Waals surface area contributed by atoms with Gasteiger partial charge in [0.05, 0.1) is 24.0 Å². The molecule has 2 bridgehead atoms. The predicted octanol–water partition coefficient (Wildman–Crippen LogP) is 0.554. The molecule has 0 aromatic rings. The molecule has 6 atom stereocenters. The van der Waals surface area contributed by atoms with Crippen LogP contribution >= 0.6 is 0 Å². The van der Waals surface area contributed by atoms with Crippen LogP contribution in [0.1, 0.15) is 19.8 Å². The molecular weight excluding hydrogens is 503 g/mol. The van der Waals surface area contributed by atoms with E-state index in [0.29, 0.717) is 6.92 Å². The number of carbonyl (C=O) groups excluding carboxylic acids is 2. The van der Waals surface area contributed by atoms with Crippen molar-refractivity contribution < 1.29 is 71.7 Å². The van der Waals surface area contributed by atoms with E-state index in [0.717, 1.165) is 0 Å². The fourth-order valence-corrected chi connectivity index (χ4v) is 4.52. The molecule has 32 heavy (non-hydrogen) atoms. The Morgan fingerprint density at radius 1 is 0.969 bits per heavy atom. The lowest BCUT2D eigenvalue weighted by atomic mass is 9.79. The molecular formula is C14H17F5O11S2. The van der Waals surface area contributed by atoms with Crippen molar-refractivity contribution in [3.63, 3.8) is 0 Å². The second-order valence-corrected chi connectivity index (χ2v) is 10.2. The van der Waals surface area contributed by atoms with E-state index in [4.69, 9.17) is 13.8 Å². The Balaban J connectivity index is 2.23. The van der Waals surface area contributed by atoms with Gasteiger partial charge in [0.1, 0.15) is 5.75 Å². The van der Waals surface area contributed by atoms with Crippen molar-refractivity contribution in [1.82, 2.24) is 0 Å². The zero-order valence-electron chi connectivity index (χ0n) is 15.9. The topological polar surface area (TPSA) is 171 Å². The lowest BCUT2D eigenvalue weighted by Gasteiger charge is -2.29. The standard InChI is InChI=1S/C14H17F5O11S2/c1-5(14(18,19)32(25,26)27)28-11(20)9-6-2-3-7(29-6)10(9)12(21)30-8(13(15,16)17)4-31(22,23)24/h5-10H,2-4H2,1H3,(H,22,23,24)(H,25,26,27). The minimum atomic E-state index is -6.00. The maximum absolute atomic E-state index is 13.6. The van der Waals surface area contributed by atoms with Crippen LogP contribution in [-0.4, -0.2) is 79.5 Å². The molecule has 2 rings (SSSR count). The van der Waals surface area contributed by atoms with Gasteiger partial charge in [0.15, 0.2) is 6.10 Å². The normalized spacial score (nSPS) is 28.2. The summed E-state index contributed by atoms with van der Waals surface area (Å²) in [5.74, 6) is -9.02. The van der Waals surface area contributed by atoms with E-state index >= 15 is 0 Å². The summed E-state index contributed by atoms with van der Waals surface area (Å²) >= 11 is 0. The quantitative estimate of drug-likeness (QED) is 0.260. The van der Waals surface area contributed by atoms with Crippen LogP contribution in [-0.2, 0) is 44.0 Å². The van der Waals surface area contributed by atoms with Crippen molar-refractivity contribution in [3.05, 3.63) is 0 Å². The predicted molar refractivity (Wildman–Crippen MR) is 89.3 cm³/mol. The summed E-state index contributed by atoms with van der Waals surface area (Å²) in [6, 6.07) is 0. The van der Waals surface area contributed by atoms with E-state index in [9.17, 15) is 48.4 Å². The monoisotopic (exact) mass is 520 g/mol. The molecule has 0 amide bonds. The number of hydrogen-bond acceptors (Lipinski definition) is 9. The van der Waals surface area contributed by atoms with Crippen LogP contribution in [0.4, 0.5) is 22.0 Å². The van der Waals surface area contributed by atoms with Gasteiger partial charge in [-0.15, -0.1) is 0 Å². The average Bonchev–Trinajstić information content (AvgIpc) is 3.19. The Morgan fingerprint density at radius 2 is 1.41 bits per heavy atom. The zero-order chi connectivity index (χ0) is 24.9. The van der Waals surface area contributed by atoms with Crippen LogP contribution in [0.2, 0.25) is 0 Å². The molecule has 2 saturated heterocycles. The summed E-state index contributed by atoms with van der Waals surface area (Å²) in [6.07, 6.45) is -13.7. The molecule has 18 heteroatoms. The maximum atomic E-state index is 13.6. The number of ether oxygens (including phenoxy) is 3. The van der Waals surface area contributed by atoms with Crippen LogP contribution in [0.25, 0.3) is 0 Å². The number of fused-ring (bicyclic) bond motifs is 2. The van der Waals surface area contributed by atoms with E-state index in [2.05, 4.69) is 9.47 Å². The van der Waals surface area contributed by atoms with Crippen molar-refractivity contribution >= 4 is 32.2 Å². The van der Waals surface area contributed by atoms with Crippen molar-refractivity contribution in [3.8, 4) is 0 Å². The Hall–Kier alpha value is -1.63. The van der Waals surface area contributed by atoms with Crippen molar-refractivity contribution in [2.45, 2.75) is 55.6 Å². The lowest BCUT2D eigenvalue weighted by Crippen LogP contribution is -2.47. The van der Waals surface area contributed by atoms with Gasteiger partial charge < -0.3 is 14.2 Å². The van der Waals surface area contributed by atoms with E-state index in [-0.39, 0.29) is 12.8 Å². The van der Waals surface area contributed by atoms with Crippen molar-refractivity contribution in [2.75, 3.05) is 5.75 Å². The molecule has 2 heterocycles. The molecule has 11 nitrogen and oxygen atoms in total. The van der Waals surface area contributed by atoms with Gasteiger partial charge in [-0.2, -0.15) is 38.8 Å². The minimum absolute atomic E-state index is 0.0555. The summed E-state index contributed by atoms with van der Waals surface area (Å²) in [6.45, 7) is 0.416. The summed E-state index contributed by atoms with van der Waals surface area (Å²) in [4.78, 5) is 24.7. The summed E-state index contributed by atoms with van der Waals surface area (Å²) < 4.78 is 140. The van der Waals surface area contributed by atoms with Gasteiger partial charge in [-0.05, 0) is 19.8 Å². The lowest BCUT2D eigenvalue weighted by molar-refractivity contribution is -0.219. The molecule has 2 fully saturated rings. The number of halogens is 5. The Bertz CT molecular complexity index is 962. The van der Waals surface area contributed by atoms with Gasteiger partial charge in [-0.3, -0.25) is 18.7 Å². The first-order chi connectivity index (χ1) is 14.3. The molecule has 2 aliphatic heterocycles.